The van der Waals surface area contributed by atoms with Gasteiger partial charge in [0.05, 0.1) is 38.9 Å². The van der Waals surface area contributed by atoms with E-state index in [1.54, 1.807) is 61.3 Å². The lowest BCUT2D eigenvalue weighted by atomic mass is 9.94. The molecule has 1 N–H and O–H groups in total. The van der Waals surface area contributed by atoms with Crippen LogP contribution in [0.2, 0.25) is 15.1 Å². The molecular weight excluding hydrogens is 551 g/mol. The van der Waals surface area contributed by atoms with Gasteiger partial charge in [0.2, 0.25) is 0 Å². The van der Waals surface area contributed by atoms with Crippen LogP contribution in [-0.4, -0.2) is 78.5 Å². The number of amides is 3. The fourth-order valence-corrected chi connectivity index (χ4v) is 5.49. The van der Waals surface area contributed by atoms with Crippen LogP contribution in [0.3, 0.4) is 0 Å². The molecule has 2 atom stereocenters. The van der Waals surface area contributed by atoms with Crippen LogP contribution in [0.15, 0.2) is 53.7 Å². The molecule has 38 heavy (non-hydrogen) atoms. The second kappa shape index (κ2) is 11.9. The summed E-state index contributed by atoms with van der Waals surface area (Å²) in [6, 6.07) is 10.7. The molecule has 202 valence electrons. The number of carbonyl (C=O) groups excluding carboxylic acids is 3. The summed E-state index contributed by atoms with van der Waals surface area (Å²) in [5.41, 5.74) is 1.77. The Balaban J connectivity index is 1.64. The molecule has 2 aliphatic heterocycles. The third kappa shape index (κ3) is 5.64. The zero-order valence-electron chi connectivity index (χ0n) is 21.3. The minimum absolute atomic E-state index is 0.125. The van der Waals surface area contributed by atoms with E-state index in [2.05, 4.69) is 10.2 Å². The van der Waals surface area contributed by atoms with Gasteiger partial charge in [0.15, 0.2) is 0 Å². The number of halogens is 3. The summed E-state index contributed by atoms with van der Waals surface area (Å²) in [5, 5.41) is 3.85. The van der Waals surface area contributed by atoms with E-state index in [-0.39, 0.29) is 29.6 Å². The first-order valence-electron chi connectivity index (χ1n) is 12.3. The average Bonchev–Trinajstić information content (AvgIpc) is 2.88. The Morgan fingerprint density at radius 2 is 1.76 bits per heavy atom. The molecule has 2 aromatic rings. The Labute approximate surface area is 237 Å². The maximum Gasteiger partial charge on any atom is 0.338 e. The quantitative estimate of drug-likeness (QED) is 0.487. The Kier molecular flexibility index (Phi) is 8.88. The highest BCUT2D eigenvalue weighted by atomic mass is 35.5. The van der Waals surface area contributed by atoms with Crippen LogP contribution in [0.4, 0.5) is 4.79 Å². The van der Waals surface area contributed by atoms with Crippen molar-refractivity contribution < 1.29 is 19.1 Å². The van der Waals surface area contributed by atoms with Gasteiger partial charge in [0.25, 0.3) is 5.91 Å². The fraction of sp³-hybridized carbons (Fsp3) is 0.370. The van der Waals surface area contributed by atoms with E-state index >= 15 is 0 Å². The summed E-state index contributed by atoms with van der Waals surface area (Å²) >= 11 is 19.0. The van der Waals surface area contributed by atoms with Crippen LogP contribution in [0.1, 0.15) is 35.8 Å². The molecule has 0 saturated carbocycles. The van der Waals surface area contributed by atoms with Crippen molar-refractivity contribution in [2.24, 2.45) is 0 Å². The molecule has 2 aliphatic rings. The first-order chi connectivity index (χ1) is 18.1. The van der Waals surface area contributed by atoms with E-state index in [0.717, 1.165) is 0 Å². The number of urea groups is 1. The van der Waals surface area contributed by atoms with E-state index in [1.807, 2.05) is 6.92 Å². The van der Waals surface area contributed by atoms with Gasteiger partial charge in [0.1, 0.15) is 0 Å². The van der Waals surface area contributed by atoms with Crippen molar-refractivity contribution in [2.75, 3.05) is 39.8 Å². The van der Waals surface area contributed by atoms with Crippen LogP contribution < -0.4 is 5.32 Å². The number of benzene rings is 2. The van der Waals surface area contributed by atoms with Crippen molar-refractivity contribution in [1.29, 1.82) is 0 Å². The molecule has 0 bridgehead atoms. The zero-order valence-corrected chi connectivity index (χ0v) is 23.6. The van der Waals surface area contributed by atoms with Gasteiger partial charge in [-0.2, -0.15) is 0 Å². The Morgan fingerprint density at radius 1 is 1.05 bits per heavy atom. The molecule has 1 fully saturated rings. The molecular formula is C27H29Cl3N4O4. The van der Waals surface area contributed by atoms with Gasteiger partial charge in [-0.25, -0.2) is 9.59 Å². The number of nitrogens with zero attached hydrogens (tertiary/aromatic N) is 3. The predicted octanol–water partition coefficient (Wildman–Crippen LogP) is 5.01. The van der Waals surface area contributed by atoms with Crippen molar-refractivity contribution in [3.8, 4) is 0 Å². The first kappa shape index (κ1) is 28.2. The van der Waals surface area contributed by atoms with Crippen LogP contribution in [0, 0.1) is 0 Å². The number of rotatable bonds is 6. The summed E-state index contributed by atoms with van der Waals surface area (Å²) in [4.78, 5) is 44.8. The second-order valence-electron chi connectivity index (χ2n) is 9.23. The Bertz CT molecular complexity index is 1280. The molecule has 11 heteroatoms. The second-order valence-corrected chi connectivity index (χ2v) is 10.4. The van der Waals surface area contributed by atoms with E-state index in [0.29, 0.717) is 58.6 Å². The zero-order chi connectivity index (χ0) is 27.6. The lowest BCUT2D eigenvalue weighted by Crippen LogP contribution is -2.56. The predicted molar refractivity (Wildman–Crippen MR) is 148 cm³/mol. The molecule has 0 unspecified atom stereocenters. The maximum atomic E-state index is 13.3. The number of esters is 1. The highest BCUT2D eigenvalue weighted by molar-refractivity contribution is 6.42. The van der Waals surface area contributed by atoms with Crippen molar-refractivity contribution in [3.63, 3.8) is 0 Å². The first-order valence-corrected chi connectivity index (χ1v) is 13.4. The number of ether oxygens (including phenoxy) is 1. The summed E-state index contributed by atoms with van der Waals surface area (Å²) in [6.07, 6.45) is 0. The van der Waals surface area contributed by atoms with Crippen LogP contribution in [0.25, 0.3) is 0 Å². The molecule has 0 spiro atoms. The smallest absolute Gasteiger partial charge is 0.338 e. The molecule has 3 amide bonds. The Morgan fingerprint density at radius 3 is 2.45 bits per heavy atom. The molecule has 2 aromatic carbocycles. The topological polar surface area (TPSA) is 82.2 Å². The minimum Gasteiger partial charge on any atom is -0.463 e. The van der Waals surface area contributed by atoms with Crippen molar-refractivity contribution in [3.05, 3.63) is 79.9 Å². The molecule has 0 aromatic heterocycles. The normalized spacial score (nSPS) is 20.4. The number of hydrogen-bond donors (Lipinski definition) is 1. The monoisotopic (exact) mass is 578 g/mol. The summed E-state index contributed by atoms with van der Waals surface area (Å²) < 4.78 is 5.40. The third-order valence-electron chi connectivity index (χ3n) is 6.81. The van der Waals surface area contributed by atoms with Gasteiger partial charge in [-0.3, -0.25) is 14.6 Å². The summed E-state index contributed by atoms with van der Waals surface area (Å²) in [6.45, 7) is 5.70. The molecule has 2 heterocycles. The third-order valence-corrected chi connectivity index (χ3v) is 7.98. The van der Waals surface area contributed by atoms with Gasteiger partial charge < -0.3 is 15.0 Å². The lowest BCUT2D eigenvalue weighted by molar-refractivity contribution is -0.139. The number of carbonyl (C=O) groups is 3. The van der Waals surface area contributed by atoms with Gasteiger partial charge in [-0.15, -0.1) is 0 Å². The van der Waals surface area contributed by atoms with Gasteiger partial charge in [-0.05, 0) is 37.6 Å². The van der Waals surface area contributed by atoms with Gasteiger partial charge in [0, 0.05) is 45.0 Å². The van der Waals surface area contributed by atoms with Crippen LogP contribution in [0.5, 0.6) is 0 Å². The minimum atomic E-state index is -0.834. The Hall–Kier alpha value is -2.78. The lowest BCUT2D eigenvalue weighted by Gasteiger charge is -2.42. The van der Waals surface area contributed by atoms with Crippen LogP contribution in [-0.2, 0) is 9.53 Å². The maximum absolute atomic E-state index is 13.3. The number of nitrogens with one attached hydrogen (secondary N) is 1. The van der Waals surface area contributed by atoms with Crippen molar-refractivity contribution in [2.45, 2.75) is 25.9 Å². The van der Waals surface area contributed by atoms with E-state index in [1.165, 1.54) is 4.90 Å². The standard InChI is InChI=1S/C27H29Cl3N4O4/c1-4-38-26(36)22-21(32(3)27(37)31-24(22)18-9-7-11-20(29)23(18)30)15-33-12-13-34(16(2)14-33)25(35)17-8-5-6-10-19(17)28/h5-11,16,24H,4,12-15H2,1-3H3,(H,31,37)/t16-,24+/m0/s1. The SMILES string of the molecule is CCOC(=O)C1=C(CN2CCN(C(=O)c3ccccc3Cl)[C@@H](C)C2)N(C)C(=O)N[C@@H]1c1cccc(Cl)c1Cl. The molecule has 1 saturated heterocycles. The van der Waals surface area contributed by atoms with Crippen molar-refractivity contribution in [1.82, 2.24) is 20.0 Å². The van der Waals surface area contributed by atoms with E-state index in [4.69, 9.17) is 39.5 Å². The number of hydrogen-bond acceptors (Lipinski definition) is 5. The number of piperazine rings is 1. The van der Waals surface area contributed by atoms with Gasteiger partial charge >= 0.3 is 12.0 Å². The van der Waals surface area contributed by atoms with Gasteiger partial charge in [-0.1, -0.05) is 59.1 Å². The largest absolute Gasteiger partial charge is 0.463 e. The summed E-state index contributed by atoms with van der Waals surface area (Å²) in [7, 11) is 1.61. The molecule has 0 aliphatic carbocycles. The average molecular weight is 580 g/mol. The fourth-order valence-electron chi connectivity index (χ4n) is 4.85. The number of likely N-dealkylation sites (N-methyl/N-ethyl adjacent to an activating group) is 1. The highest BCUT2D eigenvalue weighted by Gasteiger charge is 2.39. The van der Waals surface area contributed by atoms with E-state index in [9.17, 15) is 14.4 Å². The van der Waals surface area contributed by atoms with Crippen molar-refractivity contribution >= 4 is 52.7 Å². The van der Waals surface area contributed by atoms with Crippen LogP contribution >= 0.6 is 34.8 Å². The molecule has 8 nitrogen and oxygen atoms in total. The highest BCUT2D eigenvalue weighted by Crippen LogP contribution is 2.37. The van der Waals surface area contributed by atoms with E-state index < -0.39 is 12.0 Å². The summed E-state index contributed by atoms with van der Waals surface area (Å²) in [5.74, 6) is -0.671. The molecule has 4 rings (SSSR count). The molecule has 0 radical (unpaired) electrons.